The molecule has 8 heteroatoms. The van der Waals surface area contributed by atoms with Crippen LogP contribution in [0.5, 0.6) is 0 Å². The topological polar surface area (TPSA) is 60.9 Å². The predicted octanol–water partition coefficient (Wildman–Crippen LogP) is 1.07. The van der Waals surface area contributed by atoms with Crippen LogP contribution in [0.3, 0.4) is 0 Å². The van der Waals surface area contributed by atoms with Crippen LogP contribution in [0.4, 0.5) is 8.78 Å². The second-order valence-electron chi connectivity index (χ2n) is 6.36. The Morgan fingerprint density at radius 2 is 1.87 bits per heavy atom. The van der Waals surface area contributed by atoms with Crippen molar-refractivity contribution >= 4 is 10.0 Å². The summed E-state index contributed by atoms with van der Waals surface area (Å²) in [5, 5.41) is 9.26. The molecule has 0 aliphatic carbocycles. The molecule has 0 radical (unpaired) electrons. The van der Waals surface area contributed by atoms with Crippen LogP contribution < -0.4 is 0 Å². The van der Waals surface area contributed by atoms with E-state index in [1.54, 1.807) is 29.2 Å². The minimum atomic E-state index is -3.58. The van der Waals surface area contributed by atoms with Gasteiger partial charge in [0, 0.05) is 31.6 Å². The van der Waals surface area contributed by atoms with E-state index in [0.29, 0.717) is 0 Å². The summed E-state index contributed by atoms with van der Waals surface area (Å²) in [5.41, 5.74) is 0.968. The second kappa shape index (κ2) is 5.77. The molecule has 23 heavy (non-hydrogen) atoms. The van der Waals surface area contributed by atoms with Crippen molar-refractivity contribution in [3.63, 3.8) is 0 Å². The molecule has 1 N–H and O–H groups in total. The second-order valence-corrected chi connectivity index (χ2v) is 8.30. The lowest BCUT2D eigenvalue weighted by molar-refractivity contribution is -0.00245. The van der Waals surface area contributed by atoms with Gasteiger partial charge in [-0.15, -0.1) is 0 Å². The standard InChI is InChI=1S/C15H20F2N2O3S/c1-11-2-4-14(5-3-11)23(21,22)18-7-13(8-18)19-10-15(16,17)6-12(19)9-20/h2-5,12-13,20H,6-10H2,1H3/t12-/m0/s1. The molecule has 2 aliphatic heterocycles. The Kier molecular flexibility index (Phi) is 4.20. The monoisotopic (exact) mass is 346 g/mol. The fraction of sp³-hybridized carbons (Fsp3) is 0.600. The molecule has 1 aromatic carbocycles. The number of nitrogens with zero attached hydrogens (tertiary/aromatic N) is 2. The van der Waals surface area contributed by atoms with Gasteiger partial charge in [-0.05, 0) is 19.1 Å². The van der Waals surface area contributed by atoms with Gasteiger partial charge in [0.25, 0.3) is 5.92 Å². The SMILES string of the molecule is Cc1ccc(S(=O)(=O)N2CC(N3CC(F)(F)C[C@H]3CO)C2)cc1. The van der Waals surface area contributed by atoms with Gasteiger partial charge in [-0.2, -0.15) is 4.31 Å². The summed E-state index contributed by atoms with van der Waals surface area (Å²) in [6.07, 6.45) is -0.370. The maximum absolute atomic E-state index is 13.5. The highest BCUT2D eigenvalue weighted by Gasteiger charge is 2.51. The van der Waals surface area contributed by atoms with Crippen LogP contribution in [-0.4, -0.2) is 67.0 Å². The Hall–Kier alpha value is -1.09. The molecule has 2 aliphatic rings. The lowest BCUT2D eigenvalue weighted by atomic mass is 10.1. The van der Waals surface area contributed by atoms with Crippen LogP contribution in [0.1, 0.15) is 12.0 Å². The summed E-state index contributed by atoms with van der Waals surface area (Å²) in [6, 6.07) is 5.71. The first-order chi connectivity index (χ1) is 10.7. The van der Waals surface area contributed by atoms with Crippen molar-refractivity contribution in [2.45, 2.75) is 36.2 Å². The molecule has 0 bridgehead atoms. The van der Waals surface area contributed by atoms with Gasteiger partial charge < -0.3 is 5.11 Å². The number of rotatable bonds is 4. The number of benzene rings is 1. The minimum absolute atomic E-state index is 0.183. The van der Waals surface area contributed by atoms with Gasteiger partial charge in [0.2, 0.25) is 10.0 Å². The molecule has 2 fully saturated rings. The summed E-state index contributed by atoms with van der Waals surface area (Å²) in [4.78, 5) is 1.76. The molecule has 0 amide bonds. The van der Waals surface area contributed by atoms with Crippen molar-refractivity contribution in [2.24, 2.45) is 0 Å². The van der Waals surface area contributed by atoms with Gasteiger partial charge in [-0.25, -0.2) is 17.2 Å². The molecule has 1 atom stereocenters. The highest BCUT2D eigenvalue weighted by atomic mass is 32.2. The van der Waals surface area contributed by atoms with Crippen molar-refractivity contribution < 1.29 is 22.3 Å². The molecule has 0 spiro atoms. The van der Waals surface area contributed by atoms with Crippen molar-refractivity contribution in [3.8, 4) is 0 Å². The van der Waals surface area contributed by atoms with Crippen LogP contribution in [0.15, 0.2) is 29.2 Å². The zero-order chi connectivity index (χ0) is 16.8. The van der Waals surface area contributed by atoms with E-state index < -0.39 is 28.5 Å². The molecule has 1 aromatic rings. The Balaban J connectivity index is 1.68. The summed E-state index contributed by atoms with van der Waals surface area (Å²) >= 11 is 0. The molecule has 3 rings (SSSR count). The molecule has 0 aromatic heterocycles. The average molecular weight is 346 g/mol. The van der Waals surface area contributed by atoms with Crippen molar-refractivity contribution in [1.82, 2.24) is 9.21 Å². The average Bonchev–Trinajstić information content (AvgIpc) is 2.72. The number of aryl methyl sites for hydroxylation is 1. The van der Waals surface area contributed by atoms with Gasteiger partial charge in [0.15, 0.2) is 0 Å². The molecular formula is C15H20F2N2O3S. The van der Waals surface area contributed by atoms with E-state index in [4.69, 9.17) is 0 Å². The molecule has 2 saturated heterocycles. The number of likely N-dealkylation sites (tertiary alicyclic amines) is 1. The van der Waals surface area contributed by atoms with Gasteiger partial charge in [-0.1, -0.05) is 17.7 Å². The highest BCUT2D eigenvalue weighted by Crippen LogP contribution is 2.36. The summed E-state index contributed by atoms with van der Waals surface area (Å²) in [5.74, 6) is -2.82. The number of hydrogen-bond acceptors (Lipinski definition) is 4. The number of aliphatic hydroxyl groups excluding tert-OH is 1. The lowest BCUT2D eigenvalue weighted by Gasteiger charge is -2.44. The molecule has 128 valence electrons. The molecule has 0 saturated carbocycles. The molecule has 2 heterocycles. The van der Waals surface area contributed by atoms with Crippen LogP contribution in [0.25, 0.3) is 0 Å². The van der Waals surface area contributed by atoms with E-state index in [2.05, 4.69) is 0 Å². The van der Waals surface area contributed by atoms with Gasteiger partial charge in [0.1, 0.15) is 0 Å². The first kappa shape index (κ1) is 16.8. The Morgan fingerprint density at radius 1 is 1.26 bits per heavy atom. The Morgan fingerprint density at radius 3 is 2.43 bits per heavy atom. The minimum Gasteiger partial charge on any atom is -0.395 e. The van der Waals surface area contributed by atoms with Gasteiger partial charge in [0.05, 0.1) is 18.0 Å². The smallest absolute Gasteiger partial charge is 0.262 e. The maximum Gasteiger partial charge on any atom is 0.262 e. The number of hydrogen-bond donors (Lipinski definition) is 1. The third-order valence-electron chi connectivity index (χ3n) is 4.58. The van der Waals surface area contributed by atoms with Crippen molar-refractivity contribution in [3.05, 3.63) is 29.8 Å². The lowest BCUT2D eigenvalue weighted by Crippen LogP contribution is -2.62. The first-order valence-electron chi connectivity index (χ1n) is 7.54. The molecular weight excluding hydrogens is 326 g/mol. The normalized spacial score (nSPS) is 26.3. The third kappa shape index (κ3) is 3.13. The number of sulfonamides is 1. The van der Waals surface area contributed by atoms with E-state index in [0.717, 1.165) is 5.56 Å². The number of aliphatic hydroxyl groups is 1. The predicted molar refractivity (Wildman–Crippen MR) is 80.9 cm³/mol. The summed E-state index contributed by atoms with van der Waals surface area (Å²) in [7, 11) is -3.58. The zero-order valence-corrected chi connectivity index (χ0v) is 13.6. The fourth-order valence-corrected chi connectivity index (χ4v) is 4.72. The van der Waals surface area contributed by atoms with Crippen LogP contribution >= 0.6 is 0 Å². The van der Waals surface area contributed by atoms with E-state index in [1.165, 1.54) is 4.31 Å². The molecule has 0 unspecified atom stereocenters. The zero-order valence-electron chi connectivity index (χ0n) is 12.8. The van der Waals surface area contributed by atoms with Crippen LogP contribution in [0.2, 0.25) is 0 Å². The Labute approximate surface area is 134 Å². The number of halogens is 2. The molecule has 5 nitrogen and oxygen atoms in total. The van der Waals surface area contributed by atoms with E-state index in [9.17, 15) is 22.3 Å². The fourth-order valence-electron chi connectivity index (χ4n) is 3.20. The maximum atomic E-state index is 13.5. The van der Waals surface area contributed by atoms with Gasteiger partial charge in [-0.3, -0.25) is 4.90 Å². The van der Waals surface area contributed by atoms with Crippen molar-refractivity contribution in [1.29, 1.82) is 0 Å². The Bertz CT molecular complexity index is 672. The highest BCUT2D eigenvalue weighted by molar-refractivity contribution is 7.89. The summed E-state index contributed by atoms with van der Waals surface area (Å²) in [6.45, 7) is 1.49. The van der Waals surface area contributed by atoms with E-state index in [-0.39, 0.29) is 37.1 Å². The third-order valence-corrected chi connectivity index (χ3v) is 6.43. The van der Waals surface area contributed by atoms with E-state index in [1.807, 2.05) is 6.92 Å². The largest absolute Gasteiger partial charge is 0.395 e. The van der Waals surface area contributed by atoms with E-state index >= 15 is 0 Å². The van der Waals surface area contributed by atoms with Crippen LogP contribution in [0, 0.1) is 6.92 Å². The van der Waals surface area contributed by atoms with Crippen molar-refractivity contribution in [2.75, 3.05) is 26.2 Å². The van der Waals surface area contributed by atoms with Crippen LogP contribution in [-0.2, 0) is 10.0 Å². The number of alkyl halides is 2. The quantitative estimate of drug-likeness (QED) is 0.886. The van der Waals surface area contributed by atoms with Gasteiger partial charge >= 0.3 is 0 Å². The summed E-state index contributed by atoms with van der Waals surface area (Å²) < 4.78 is 53.3. The first-order valence-corrected chi connectivity index (χ1v) is 8.98.